The second kappa shape index (κ2) is 9.13. The molecule has 0 aliphatic carbocycles. The van der Waals surface area contributed by atoms with Gasteiger partial charge in [0.15, 0.2) is 15.8 Å². The Balaban J connectivity index is 1.93. The van der Waals surface area contributed by atoms with Crippen LogP contribution in [0.15, 0.2) is 22.5 Å². The molecule has 1 atom stereocenters. The van der Waals surface area contributed by atoms with Crippen LogP contribution in [0.5, 0.6) is 11.5 Å². The lowest BCUT2D eigenvalue weighted by molar-refractivity contribution is -0.116. The molecule has 0 aliphatic rings. The summed E-state index contributed by atoms with van der Waals surface area (Å²) in [6.07, 6.45) is -4.34. The number of nitrogens with zero attached hydrogens (tertiary/aromatic N) is 2. The van der Waals surface area contributed by atoms with Gasteiger partial charge in [0.2, 0.25) is 11.0 Å². The van der Waals surface area contributed by atoms with E-state index in [-0.39, 0.29) is 11.0 Å². The lowest BCUT2D eigenvalue weighted by Gasteiger charge is -2.13. The number of hydrogen-bond donors (Lipinski definition) is 2. The number of amides is 1. The van der Waals surface area contributed by atoms with Crippen molar-refractivity contribution in [1.82, 2.24) is 10.2 Å². The van der Waals surface area contributed by atoms with Gasteiger partial charge in [0.1, 0.15) is 6.54 Å². The van der Waals surface area contributed by atoms with Gasteiger partial charge in [0, 0.05) is 11.8 Å². The smallest absolute Gasteiger partial charge is 0.405 e. The Morgan fingerprint density at radius 3 is 2.59 bits per heavy atom. The first-order valence-corrected chi connectivity index (χ1v) is 9.25. The van der Waals surface area contributed by atoms with Crippen LogP contribution < -0.4 is 20.1 Å². The molecule has 2 aromatic rings. The average molecular weight is 422 g/mol. The fourth-order valence-electron chi connectivity index (χ4n) is 1.87. The molecule has 12 heteroatoms. The van der Waals surface area contributed by atoms with Crippen LogP contribution in [-0.2, 0) is 4.79 Å². The van der Waals surface area contributed by atoms with Gasteiger partial charge in [-0.3, -0.25) is 4.79 Å². The van der Waals surface area contributed by atoms with Gasteiger partial charge in [-0.25, -0.2) is 0 Å². The van der Waals surface area contributed by atoms with Crippen LogP contribution in [0, 0.1) is 0 Å². The molecule has 2 N–H and O–H groups in total. The maximum absolute atomic E-state index is 12.3. The lowest BCUT2D eigenvalue weighted by Crippen LogP contribution is -2.22. The molecule has 0 spiro atoms. The van der Waals surface area contributed by atoms with Gasteiger partial charge in [0.05, 0.1) is 19.5 Å². The summed E-state index contributed by atoms with van der Waals surface area (Å²) in [5, 5.41) is 11.8. The number of hydrogen-bond acceptors (Lipinski definition) is 8. The molecule has 7 nitrogen and oxygen atoms in total. The van der Waals surface area contributed by atoms with Crippen LogP contribution in [0.1, 0.15) is 6.92 Å². The summed E-state index contributed by atoms with van der Waals surface area (Å²) in [6.45, 7) is 0.465. The predicted molar refractivity (Wildman–Crippen MR) is 97.9 cm³/mol. The minimum absolute atomic E-state index is 0.0438. The zero-order chi connectivity index (χ0) is 20.0. The van der Waals surface area contributed by atoms with Crippen molar-refractivity contribution in [2.75, 3.05) is 31.4 Å². The predicted octanol–water partition coefficient (Wildman–Crippen LogP) is 3.65. The van der Waals surface area contributed by atoms with Gasteiger partial charge >= 0.3 is 6.18 Å². The summed E-state index contributed by atoms with van der Waals surface area (Å²) in [7, 11) is 3.00. The topological polar surface area (TPSA) is 85.4 Å². The lowest BCUT2D eigenvalue weighted by atomic mass is 10.2. The number of alkyl halides is 3. The fraction of sp³-hybridized carbons (Fsp3) is 0.400. The maximum atomic E-state index is 12.3. The SMILES string of the molecule is COc1ccc(NC(=O)C(C)Sc2nnc(NCC(F)(F)F)s2)cc1OC. The number of aromatic nitrogens is 2. The van der Waals surface area contributed by atoms with E-state index in [0.29, 0.717) is 21.5 Å². The van der Waals surface area contributed by atoms with E-state index in [1.165, 1.54) is 14.2 Å². The number of ether oxygens (including phenoxy) is 2. The van der Waals surface area contributed by atoms with Crippen molar-refractivity contribution >= 4 is 39.8 Å². The number of rotatable bonds is 8. The Hall–Kier alpha value is -2.21. The van der Waals surface area contributed by atoms with Crippen molar-refractivity contribution in [2.24, 2.45) is 0 Å². The maximum Gasteiger partial charge on any atom is 0.405 e. The molecule has 1 amide bonds. The molecule has 0 saturated carbocycles. The summed E-state index contributed by atoms with van der Waals surface area (Å²) >= 11 is 2.05. The number of thioether (sulfide) groups is 1. The molecular weight excluding hydrogens is 405 g/mol. The van der Waals surface area contributed by atoms with E-state index in [4.69, 9.17) is 9.47 Å². The highest BCUT2D eigenvalue weighted by Crippen LogP contribution is 2.32. The molecule has 27 heavy (non-hydrogen) atoms. The van der Waals surface area contributed by atoms with Gasteiger partial charge in [-0.15, -0.1) is 10.2 Å². The Kier molecular flexibility index (Phi) is 7.13. The van der Waals surface area contributed by atoms with Gasteiger partial charge in [0.25, 0.3) is 0 Å². The molecule has 0 aliphatic heterocycles. The van der Waals surface area contributed by atoms with Crippen LogP contribution in [0.3, 0.4) is 0 Å². The highest BCUT2D eigenvalue weighted by Gasteiger charge is 2.27. The molecule has 1 unspecified atom stereocenters. The number of carbonyl (C=O) groups excluding carboxylic acids is 1. The zero-order valence-corrected chi connectivity index (χ0v) is 16.2. The Bertz CT molecular complexity index is 786. The van der Waals surface area contributed by atoms with Gasteiger partial charge in [-0.05, 0) is 19.1 Å². The molecule has 0 bridgehead atoms. The standard InChI is InChI=1S/C15H17F3N4O3S2/c1-8(26-14-22-21-13(27-14)19-7-15(16,17)18)12(23)20-9-4-5-10(24-2)11(6-9)25-3/h4-6,8H,7H2,1-3H3,(H,19,21)(H,20,23). The highest BCUT2D eigenvalue weighted by atomic mass is 32.2. The van der Waals surface area contributed by atoms with E-state index in [1.54, 1.807) is 25.1 Å². The van der Waals surface area contributed by atoms with E-state index >= 15 is 0 Å². The molecular formula is C15H17F3N4O3S2. The molecule has 1 aromatic carbocycles. The molecule has 0 fully saturated rings. The van der Waals surface area contributed by atoms with E-state index in [2.05, 4.69) is 20.8 Å². The first-order valence-electron chi connectivity index (χ1n) is 7.55. The van der Waals surface area contributed by atoms with Crippen LogP contribution in [0.2, 0.25) is 0 Å². The number of anilines is 2. The van der Waals surface area contributed by atoms with Crippen LogP contribution in [0.25, 0.3) is 0 Å². The van der Waals surface area contributed by atoms with Gasteiger partial charge < -0.3 is 20.1 Å². The van der Waals surface area contributed by atoms with E-state index < -0.39 is 18.0 Å². The molecule has 0 saturated heterocycles. The minimum Gasteiger partial charge on any atom is -0.493 e. The molecule has 1 aromatic heterocycles. The highest BCUT2D eigenvalue weighted by molar-refractivity contribution is 8.02. The number of methoxy groups -OCH3 is 2. The average Bonchev–Trinajstić information content (AvgIpc) is 3.06. The molecule has 2 rings (SSSR count). The number of carbonyl (C=O) groups is 1. The first-order chi connectivity index (χ1) is 12.7. The molecule has 0 radical (unpaired) electrons. The summed E-state index contributed by atoms with van der Waals surface area (Å²) in [6, 6.07) is 4.95. The van der Waals surface area contributed by atoms with Crippen molar-refractivity contribution in [3.63, 3.8) is 0 Å². The second-order valence-corrected chi connectivity index (χ2v) is 7.73. The summed E-state index contributed by atoms with van der Waals surface area (Å²) in [5.41, 5.74) is 0.523. The van der Waals surface area contributed by atoms with Crippen molar-refractivity contribution in [3.05, 3.63) is 18.2 Å². The minimum atomic E-state index is -4.34. The quantitative estimate of drug-likeness (QED) is 0.628. The van der Waals surface area contributed by atoms with Crippen molar-refractivity contribution < 1.29 is 27.4 Å². The van der Waals surface area contributed by atoms with E-state index in [9.17, 15) is 18.0 Å². The second-order valence-electron chi connectivity index (χ2n) is 5.16. The first kappa shape index (κ1) is 21.1. The monoisotopic (exact) mass is 422 g/mol. The van der Waals surface area contributed by atoms with Crippen LogP contribution in [-0.4, -0.2) is 48.3 Å². The van der Waals surface area contributed by atoms with Crippen LogP contribution >= 0.6 is 23.1 Å². The Labute approximate surface area is 161 Å². The number of halogens is 3. The van der Waals surface area contributed by atoms with Crippen molar-refractivity contribution in [2.45, 2.75) is 22.7 Å². The fourth-order valence-corrected chi connectivity index (χ4v) is 3.76. The Morgan fingerprint density at radius 1 is 1.26 bits per heavy atom. The zero-order valence-electron chi connectivity index (χ0n) is 14.6. The molecule has 148 valence electrons. The van der Waals surface area contributed by atoms with Gasteiger partial charge in [-0.1, -0.05) is 23.1 Å². The number of benzene rings is 1. The van der Waals surface area contributed by atoms with E-state index in [1.807, 2.05) is 0 Å². The normalized spacial score (nSPS) is 12.4. The van der Waals surface area contributed by atoms with Crippen molar-refractivity contribution in [1.29, 1.82) is 0 Å². The third-order valence-electron chi connectivity index (χ3n) is 3.14. The largest absolute Gasteiger partial charge is 0.493 e. The summed E-state index contributed by atoms with van der Waals surface area (Å²) < 4.78 is 47.3. The molecule has 1 heterocycles. The van der Waals surface area contributed by atoms with Crippen LogP contribution in [0.4, 0.5) is 24.0 Å². The van der Waals surface area contributed by atoms with Crippen molar-refractivity contribution in [3.8, 4) is 11.5 Å². The van der Waals surface area contributed by atoms with Gasteiger partial charge in [-0.2, -0.15) is 13.2 Å². The summed E-state index contributed by atoms with van der Waals surface area (Å²) in [4.78, 5) is 12.3. The number of nitrogens with one attached hydrogen (secondary N) is 2. The third kappa shape index (κ3) is 6.47. The third-order valence-corrected chi connectivity index (χ3v) is 5.21. The Morgan fingerprint density at radius 2 is 1.96 bits per heavy atom. The summed E-state index contributed by atoms with van der Waals surface area (Å²) in [5.74, 6) is 0.706. The van der Waals surface area contributed by atoms with E-state index in [0.717, 1.165) is 23.1 Å².